The SMILES string of the molecule is Cc1ccc(S(=O)(=O)NCCNC(=O)CCc2ccsc2)cc1. The molecule has 2 N–H and O–H groups in total. The third-order valence-electron chi connectivity index (χ3n) is 3.29. The fourth-order valence-electron chi connectivity index (χ4n) is 1.97. The Labute approximate surface area is 140 Å². The van der Waals surface area contributed by atoms with Gasteiger partial charge in [-0.15, -0.1) is 0 Å². The van der Waals surface area contributed by atoms with Gasteiger partial charge in [-0.3, -0.25) is 4.79 Å². The summed E-state index contributed by atoms with van der Waals surface area (Å²) in [5, 5.41) is 6.71. The maximum Gasteiger partial charge on any atom is 0.240 e. The van der Waals surface area contributed by atoms with E-state index in [0.29, 0.717) is 12.8 Å². The minimum absolute atomic E-state index is 0.0780. The molecular weight excluding hydrogens is 332 g/mol. The number of nitrogens with one attached hydrogen (secondary N) is 2. The third-order valence-corrected chi connectivity index (χ3v) is 5.50. The second kappa shape index (κ2) is 8.24. The van der Waals surface area contributed by atoms with Crippen LogP contribution in [0.5, 0.6) is 0 Å². The minimum Gasteiger partial charge on any atom is -0.355 e. The summed E-state index contributed by atoms with van der Waals surface area (Å²) in [5.41, 5.74) is 2.15. The highest BCUT2D eigenvalue weighted by molar-refractivity contribution is 7.89. The molecule has 0 saturated carbocycles. The van der Waals surface area contributed by atoms with Gasteiger partial charge >= 0.3 is 0 Å². The molecule has 0 aliphatic carbocycles. The van der Waals surface area contributed by atoms with Crippen LogP contribution in [-0.2, 0) is 21.2 Å². The van der Waals surface area contributed by atoms with Crippen LogP contribution in [0.2, 0.25) is 0 Å². The van der Waals surface area contributed by atoms with Gasteiger partial charge in [-0.05, 0) is 47.9 Å². The van der Waals surface area contributed by atoms with Crippen molar-refractivity contribution in [2.75, 3.05) is 13.1 Å². The molecule has 0 radical (unpaired) electrons. The number of amides is 1. The van der Waals surface area contributed by atoms with Crippen molar-refractivity contribution in [3.63, 3.8) is 0 Å². The minimum atomic E-state index is -3.52. The van der Waals surface area contributed by atoms with Crippen LogP contribution in [0.25, 0.3) is 0 Å². The van der Waals surface area contributed by atoms with Crippen molar-refractivity contribution in [1.29, 1.82) is 0 Å². The Bertz CT molecular complexity index is 723. The van der Waals surface area contributed by atoms with E-state index < -0.39 is 10.0 Å². The van der Waals surface area contributed by atoms with Gasteiger partial charge in [-0.2, -0.15) is 11.3 Å². The van der Waals surface area contributed by atoms with E-state index in [1.165, 1.54) is 0 Å². The molecular formula is C16H20N2O3S2. The van der Waals surface area contributed by atoms with Gasteiger partial charge in [0.1, 0.15) is 0 Å². The maximum atomic E-state index is 12.0. The van der Waals surface area contributed by atoms with E-state index in [4.69, 9.17) is 0 Å². The van der Waals surface area contributed by atoms with Crippen LogP contribution in [0.3, 0.4) is 0 Å². The number of aryl methyl sites for hydroxylation is 2. The number of hydrogen-bond acceptors (Lipinski definition) is 4. The van der Waals surface area contributed by atoms with Crippen LogP contribution in [-0.4, -0.2) is 27.4 Å². The monoisotopic (exact) mass is 352 g/mol. The van der Waals surface area contributed by atoms with Gasteiger partial charge in [0.05, 0.1) is 4.90 Å². The Hall–Kier alpha value is -1.70. The summed E-state index contributed by atoms with van der Waals surface area (Å²) in [6.45, 7) is 2.34. The smallest absolute Gasteiger partial charge is 0.240 e. The fourth-order valence-corrected chi connectivity index (χ4v) is 3.70. The molecule has 5 nitrogen and oxygen atoms in total. The van der Waals surface area contributed by atoms with Crippen LogP contribution in [0, 0.1) is 6.92 Å². The van der Waals surface area contributed by atoms with Crippen LogP contribution < -0.4 is 10.0 Å². The van der Waals surface area contributed by atoms with E-state index in [1.54, 1.807) is 35.6 Å². The van der Waals surface area contributed by atoms with Crippen LogP contribution in [0.4, 0.5) is 0 Å². The lowest BCUT2D eigenvalue weighted by Crippen LogP contribution is -2.34. The van der Waals surface area contributed by atoms with Gasteiger partial charge in [0.15, 0.2) is 0 Å². The number of carbonyl (C=O) groups excluding carboxylic acids is 1. The molecule has 7 heteroatoms. The Kier molecular flexibility index (Phi) is 6.32. The Morgan fingerprint density at radius 2 is 1.87 bits per heavy atom. The molecule has 1 amide bonds. The molecule has 0 fully saturated rings. The quantitative estimate of drug-likeness (QED) is 0.714. The molecule has 0 aliphatic rings. The number of rotatable bonds is 8. The molecule has 0 spiro atoms. The summed E-state index contributed by atoms with van der Waals surface area (Å²) in [6.07, 6.45) is 1.10. The van der Waals surface area contributed by atoms with Crippen molar-refractivity contribution in [3.8, 4) is 0 Å². The molecule has 2 aromatic rings. The summed E-state index contributed by atoms with van der Waals surface area (Å²) in [6, 6.07) is 8.63. The molecule has 0 aliphatic heterocycles. The predicted molar refractivity (Wildman–Crippen MR) is 92.0 cm³/mol. The van der Waals surface area contributed by atoms with Crippen molar-refractivity contribution < 1.29 is 13.2 Å². The average Bonchev–Trinajstić information content (AvgIpc) is 3.03. The lowest BCUT2D eigenvalue weighted by Gasteiger charge is -2.08. The summed E-state index contributed by atoms with van der Waals surface area (Å²) in [4.78, 5) is 11.9. The van der Waals surface area contributed by atoms with E-state index >= 15 is 0 Å². The van der Waals surface area contributed by atoms with E-state index in [1.807, 2.05) is 23.8 Å². The van der Waals surface area contributed by atoms with E-state index in [2.05, 4.69) is 10.0 Å². The van der Waals surface area contributed by atoms with Gasteiger partial charge in [0, 0.05) is 19.5 Å². The second-order valence-electron chi connectivity index (χ2n) is 5.19. The first-order chi connectivity index (χ1) is 11.0. The molecule has 1 aromatic heterocycles. The highest BCUT2D eigenvalue weighted by Crippen LogP contribution is 2.09. The molecule has 23 heavy (non-hydrogen) atoms. The summed E-state index contributed by atoms with van der Waals surface area (Å²) < 4.78 is 26.6. The van der Waals surface area contributed by atoms with Crippen LogP contribution in [0.1, 0.15) is 17.5 Å². The Morgan fingerprint density at radius 3 is 2.52 bits per heavy atom. The highest BCUT2D eigenvalue weighted by atomic mass is 32.2. The number of sulfonamides is 1. The van der Waals surface area contributed by atoms with Crippen molar-refractivity contribution in [3.05, 3.63) is 52.2 Å². The first-order valence-corrected chi connectivity index (χ1v) is 9.74. The molecule has 0 unspecified atom stereocenters. The van der Waals surface area contributed by atoms with E-state index in [0.717, 1.165) is 11.1 Å². The van der Waals surface area contributed by atoms with Gasteiger partial charge in [0.25, 0.3) is 0 Å². The zero-order valence-corrected chi connectivity index (χ0v) is 14.5. The van der Waals surface area contributed by atoms with Crippen molar-refractivity contribution in [2.45, 2.75) is 24.7 Å². The number of carbonyl (C=O) groups is 1. The Morgan fingerprint density at radius 1 is 1.13 bits per heavy atom. The molecule has 0 bridgehead atoms. The van der Waals surface area contributed by atoms with Gasteiger partial charge < -0.3 is 5.32 Å². The summed E-state index contributed by atoms with van der Waals surface area (Å²) in [5.74, 6) is -0.0780. The zero-order valence-electron chi connectivity index (χ0n) is 12.9. The molecule has 124 valence electrons. The summed E-state index contributed by atoms with van der Waals surface area (Å²) in [7, 11) is -3.52. The molecule has 1 heterocycles. The summed E-state index contributed by atoms with van der Waals surface area (Å²) >= 11 is 1.61. The second-order valence-corrected chi connectivity index (χ2v) is 7.74. The normalized spacial score (nSPS) is 11.3. The molecule has 0 saturated heterocycles. The number of thiophene rings is 1. The average molecular weight is 352 g/mol. The highest BCUT2D eigenvalue weighted by Gasteiger charge is 2.12. The molecule has 2 rings (SSSR count). The van der Waals surface area contributed by atoms with Gasteiger partial charge in [0.2, 0.25) is 15.9 Å². The first-order valence-electron chi connectivity index (χ1n) is 7.31. The van der Waals surface area contributed by atoms with Gasteiger partial charge in [-0.25, -0.2) is 13.1 Å². The number of hydrogen-bond donors (Lipinski definition) is 2. The fraction of sp³-hybridized carbons (Fsp3) is 0.312. The van der Waals surface area contributed by atoms with E-state index in [9.17, 15) is 13.2 Å². The van der Waals surface area contributed by atoms with Crippen molar-refractivity contribution >= 4 is 27.3 Å². The largest absolute Gasteiger partial charge is 0.355 e. The third kappa shape index (κ3) is 5.78. The standard InChI is InChI=1S/C16H20N2O3S2/c1-13-2-5-15(6-3-13)23(20,21)18-10-9-17-16(19)7-4-14-8-11-22-12-14/h2-3,5-6,8,11-12,18H,4,7,9-10H2,1H3,(H,17,19). The lowest BCUT2D eigenvalue weighted by atomic mass is 10.2. The molecule has 1 aromatic carbocycles. The predicted octanol–water partition coefficient (Wildman–Crippen LogP) is 2.08. The lowest BCUT2D eigenvalue weighted by molar-refractivity contribution is -0.121. The Balaban J connectivity index is 1.70. The topological polar surface area (TPSA) is 75.3 Å². The number of benzene rings is 1. The maximum absolute atomic E-state index is 12.0. The van der Waals surface area contributed by atoms with Crippen molar-refractivity contribution in [2.24, 2.45) is 0 Å². The first kappa shape index (κ1) is 17.7. The van der Waals surface area contributed by atoms with Crippen LogP contribution >= 0.6 is 11.3 Å². The van der Waals surface area contributed by atoms with Crippen LogP contribution in [0.15, 0.2) is 46.0 Å². The van der Waals surface area contributed by atoms with E-state index in [-0.39, 0.29) is 23.9 Å². The zero-order chi connectivity index (χ0) is 16.7. The molecule has 0 atom stereocenters. The van der Waals surface area contributed by atoms with Gasteiger partial charge in [-0.1, -0.05) is 17.7 Å². The van der Waals surface area contributed by atoms with Crippen molar-refractivity contribution in [1.82, 2.24) is 10.0 Å².